The minimum atomic E-state index is -3.78. The van der Waals surface area contributed by atoms with Gasteiger partial charge >= 0.3 is 0 Å². The Morgan fingerprint density at radius 3 is 2.53 bits per heavy atom. The largest absolute Gasteiger partial charge is 0.323 e. The number of carbonyl (C=O) groups excluding carboxylic acids is 1. The third kappa shape index (κ3) is 5.32. The SMILES string of the molecule is Cc1cccc(Cn2cc(NC(=O)C3CCN(S(=O)(=O)c4ccc([N+](=O)[O-])cc4)CC3)cn2)c1. The summed E-state index contributed by atoms with van der Waals surface area (Å²) in [5, 5.41) is 18.0. The van der Waals surface area contributed by atoms with Gasteiger partial charge in [-0.1, -0.05) is 29.8 Å². The first-order valence-corrected chi connectivity index (χ1v) is 12.3. The molecule has 178 valence electrons. The molecule has 3 aromatic rings. The molecule has 0 aliphatic carbocycles. The van der Waals surface area contributed by atoms with Crippen LogP contribution in [0.2, 0.25) is 0 Å². The Morgan fingerprint density at radius 2 is 1.88 bits per heavy atom. The molecular weight excluding hydrogens is 458 g/mol. The van der Waals surface area contributed by atoms with Gasteiger partial charge in [0.05, 0.1) is 28.2 Å². The molecule has 1 aromatic heterocycles. The zero-order valence-corrected chi connectivity index (χ0v) is 19.4. The highest BCUT2D eigenvalue weighted by molar-refractivity contribution is 7.89. The molecule has 1 aliphatic heterocycles. The third-order valence-corrected chi connectivity index (χ3v) is 7.75. The molecule has 1 N–H and O–H groups in total. The van der Waals surface area contributed by atoms with E-state index in [1.807, 2.05) is 25.1 Å². The second-order valence-corrected chi connectivity index (χ2v) is 10.3. The summed E-state index contributed by atoms with van der Waals surface area (Å²) in [4.78, 5) is 22.9. The van der Waals surface area contributed by atoms with E-state index in [2.05, 4.69) is 16.5 Å². The van der Waals surface area contributed by atoms with Crippen LogP contribution in [0.3, 0.4) is 0 Å². The molecule has 11 heteroatoms. The first-order chi connectivity index (χ1) is 16.2. The van der Waals surface area contributed by atoms with Gasteiger partial charge in [-0.2, -0.15) is 9.40 Å². The van der Waals surface area contributed by atoms with Crippen molar-refractivity contribution >= 4 is 27.3 Å². The molecule has 0 bridgehead atoms. The molecule has 1 saturated heterocycles. The number of piperidine rings is 1. The first-order valence-electron chi connectivity index (χ1n) is 10.9. The maximum atomic E-state index is 12.9. The van der Waals surface area contributed by atoms with Gasteiger partial charge in [0.1, 0.15) is 0 Å². The number of benzene rings is 2. The lowest BCUT2D eigenvalue weighted by molar-refractivity contribution is -0.384. The van der Waals surface area contributed by atoms with Crippen LogP contribution < -0.4 is 5.32 Å². The van der Waals surface area contributed by atoms with Crippen molar-refractivity contribution in [3.63, 3.8) is 0 Å². The number of carbonyl (C=O) groups is 1. The fraction of sp³-hybridized carbons (Fsp3) is 0.304. The number of nitro groups is 1. The Bertz CT molecular complexity index is 1300. The highest BCUT2D eigenvalue weighted by Gasteiger charge is 2.32. The van der Waals surface area contributed by atoms with Crippen LogP contribution in [0.15, 0.2) is 65.8 Å². The van der Waals surface area contributed by atoms with E-state index in [-0.39, 0.29) is 35.5 Å². The molecule has 2 heterocycles. The van der Waals surface area contributed by atoms with Crippen LogP contribution in [0, 0.1) is 23.0 Å². The van der Waals surface area contributed by atoms with E-state index < -0.39 is 14.9 Å². The van der Waals surface area contributed by atoms with Crippen molar-refractivity contribution < 1.29 is 18.1 Å². The van der Waals surface area contributed by atoms with E-state index >= 15 is 0 Å². The summed E-state index contributed by atoms with van der Waals surface area (Å²) in [5.41, 5.74) is 2.71. The van der Waals surface area contributed by atoms with Crippen molar-refractivity contribution in [3.05, 3.63) is 82.2 Å². The Balaban J connectivity index is 1.32. The number of hydrogen-bond donors (Lipinski definition) is 1. The summed E-state index contributed by atoms with van der Waals surface area (Å²) in [5.74, 6) is -0.481. The molecule has 2 aromatic carbocycles. The number of aromatic nitrogens is 2. The van der Waals surface area contributed by atoms with Crippen molar-refractivity contribution in [1.82, 2.24) is 14.1 Å². The zero-order valence-electron chi connectivity index (χ0n) is 18.6. The summed E-state index contributed by atoms with van der Waals surface area (Å²) < 4.78 is 28.8. The number of non-ortho nitro benzene ring substituents is 1. The van der Waals surface area contributed by atoms with Crippen LogP contribution in [0.4, 0.5) is 11.4 Å². The fourth-order valence-electron chi connectivity index (χ4n) is 4.00. The normalized spacial score (nSPS) is 15.2. The van der Waals surface area contributed by atoms with E-state index in [1.54, 1.807) is 17.1 Å². The highest BCUT2D eigenvalue weighted by Crippen LogP contribution is 2.26. The molecule has 0 radical (unpaired) electrons. The topological polar surface area (TPSA) is 127 Å². The molecule has 10 nitrogen and oxygen atoms in total. The summed E-state index contributed by atoms with van der Waals surface area (Å²) in [7, 11) is -3.78. The number of nitrogens with zero attached hydrogens (tertiary/aromatic N) is 4. The standard InChI is InChI=1S/C23H25N5O5S/c1-17-3-2-4-18(13-17)15-26-16-20(14-24-26)25-23(29)19-9-11-27(12-10-19)34(32,33)22-7-5-21(6-8-22)28(30)31/h2-8,13-14,16,19H,9-12,15H2,1H3,(H,25,29). The van der Waals surface area contributed by atoms with E-state index in [0.717, 1.165) is 5.56 Å². The summed E-state index contributed by atoms with van der Waals surface area (Å²) in [6.07, 6.45) is 4.14. The number of anilines is 1. The number of rotatable bonds is 7. The van der Waals surface area contributed by atoms with E-state index in [4.69, 9.17) is 0 Å². The molecule has 1 aliphatic rings. The van der Waals surface area contributed by atoms with Gasteiger partial charge in [0.25, 0.3) is 5.69 Å². The monoisotopic (exact) mass is 483 g/mol. The van der Waals surface area contributed by atoms with Crippen LogP contribution in [-0.2, 0) is 21.4 Å². The number of nitrogens with one attached hydrogen (secondary N) is 1. The number of nitro benzene ring substituents is 1. The van der Waals surface area contributed by atoms with Crippen LogP contribution >= 0.6 is 0 Å². The van der Waals surface area contributed by atoms with Gasteiger partial charge in [0, 0.05) is 37.3 Å². The van der Waals surface area contributed by atoms with Crippen molar-refractivity contribution in [2.45, 2.75) is 31.2 Å². The predicted octanol–water partition coefficient (Wildman–Crippen LogP) is 3.19. The Hall–Kier alpha value is -3.57. The Kier molecular flexibility index (Phi) is 6.75. The summed E-state index contributed by atoms with van der Waals surface area (Å²) >= 11 is 0. The molecule has 0 unspecified atom stereocenters. The van der Waals surface area contributed by atoms with E-state index in [1.165, 1.54) is 34.1 Å². The van der Waals surface area contributed by atoms with Gasteiger partial charge < -0.3 is 5.32 Å². The molecular formula is C23H25N5O5S. The second kappa shape index (κ2) is 9.74. The molecule has 0 saturated carbocycles. The van der Waals surface area contributed by atoms with Gasteiger partial charge in [-0.3, -0.25) is 19.6 Å². The van der Waals surface area contributed by atoms with Crippen molar-refractivity contribution in [2.24, 2.45) is 5.92 Å². The third-order valence-electron chi connectivity index (χ3n) is 5.84. The second-order valence-electron chi connectivity index (χ2n) is 8.33. The lowest BCUT2D eigenvalue weighted by Gasteiger charge is -2.30. The summed E-state index contributed by atoms with van der Waals surface area (Å²) in [6, 6.07) is 12.9. The van der Waals surface area contributed by atoms with Crippen LogP contribution in [0.1, 0.15) is 24.0 Å². The summed E-state index contributed by atoms with van der Waals surface area (Å²) in [6.45, 7) is 3.02. The lowest BCUT2D eigenvalue weighted by atomic mass is 9.97. The number of amides is 1. The van der Waals surface area contributed by atoms with E-state index in [0.29, 0.717) is 25.1 Å². The van der Waals surface area contributed by atoms with Crippen molar-refractivity contribution in [3.8, 4) is 0 Å². The van der Waals surface area contributed by atoms with Gasteiger partial charge in [-0.25, -0.2) is 8.42 Å². The Morgan fingerprint density at radius 1 is 1.18 bits per heavy atom. The fourth-order valence-corrected chi connectivity index (χ4v) is 5.47. The van der Waals surface area contributed by atoms with Gasteiger partial charge in [0.15, 0.2) is 0 Å². The van der Waals surface area contributed by atoms with Crippen molar-refractivity contribution in [2.75, 3.05) is 18.4 Å². The lowest BCUT2D eigenvalue weighted by Crippen LogP contribution is -2.41. The maximum Gasteiger partial charge on any atom is 0.269 e. The van der Waals surface area contributed by atoms with Crippen LogP contribution in [0.25, 0.3) is 0 Å². The zero-order chi connectivity index (χ0) is 24.3. The van der Waals surface area contributed by atoms with Gasteiger partial charge in [-0.05, 0) is 37.5 Å². The minimum absolute atomic E-state index is 0.00188. The molecule has 1 amide bonds. The van der Waals surface area contributed by atoms with E-state index in [9.17, 15) is 23.3 Å². The minimum Gasteiger partial charge on any atom is -0.323 e. The van der Waals surface area contributed by atoms with Gasteiger partial charge in [-0.15, -0.1) is 0 Å². The van der Waals surface area contributed by atoms with Crippen LogP contribution in [-0.4, -0.2) is 46.4 Å². The molecule has 0 spiro atoms. The Labute approximate surface area is 197 Å². The molecule has 0 atom stereocenters. The predicted molar refractivity (Wildman–Crippen MR) is 126 cm³/mol. The number of hydrogen-bond acceptors (Lipinski definition) is 6. The molecule has 4 rings (SSSR count). The van der Waals surface area contributed by atoms with Crippen molar-refractivity contribution in [1.29, 1.82) is 0 Å². The molecule has 34 heavy (non-hydrogen) atoms. The van der Waals surface area contributed by atoms with Crippen LogP contribution in [0.5, 0.6) is 0 Å². The van der Waals surface area contributed by atoms with Gasteiger partial charge in [0.2, 0.25) is 15.9 Å². The first kappa shape index (κ1) is 23.6. The molecule has 1 fully saturated rings. The smallest absolute Gasteiger partial charge is 0.269 e. The maximum absolute atomic E-state index is 12.9. The average Bonchev–Trinajstić information content (AvgIpc) is 3.25. The number of sulfonamides is 1. The quantitative estimate of drug-likeness (QED) is 0.406. The highest BCUT2D eigenvalue weighted by atomic mass is 32.2. The average molecular weight is 484 g/mol. The number of aryl methyl sites for hydroxylation is 1.